The summed E-state index contributed by atoms with van der Waals surface area (Å²) in [4.78, 5) is 0. The molecule has 2 heteroatoms. The zero-order valence-electron chi connectivity index (χ0n) is 13.5. The van der Waals surface area contributed by atoms with Crippen molar-refractivity contribution in [2.24, 2.45) is 0 Å². The zero-order chi connectivity index (χ0) is 16.3. The predicted octanol–water partition coefficient (Wildman–Crippen LogP) is 4.57. The molecule has 3 aromatic rings. The van der Waals surface area contributed by atoms with Gasteiger partial charge < -0.3 is 0 Å². The molecule has 0 aromatic heterocycles. The molecule has 0 amide bonds. The minimum absolute atomic E-state index is 0.505. The average molecular weight is 336 g/mol. The van der Waals surface area contributed by atoms with Gasteiger partial charge in [-0.05, 0) is 33.5 Å². The van der Waals surface area contributed by atoms with Gasteiger partial charge in [-0.25, -0.2) is 0 Å². The molecule has 0 radical (unpaired) electrons. The molecule has 0 atom stereocenters. The second-order valence-corrected chi connectivity index (χ2v) is 10.4. The highest BCUT2D eigenvalue weighted by atomic mass is 32.4. The summed E-state index contributed by atoms with van der Waals surface area (Å²) in [6.07, 6.45) is 0. The van der Waals surface area contributed by atoms with Crippen LogP contribution < -0.4 is 15.9 Å². The summed E-state index contributed by atoms with van der Waals surface area (Å²) >= 11 is 6.36. The fraction of sp³-hybridized carbons (Fsp3) is 0.143. The summed E-state index contributed by atoms with van der Waals surface area (Å²) in [7, 11) is 0. The van der Waals surface area contributed by atoms with Crippen LogP contribution in [0.2, 0.25) is 0 Å². The topological polar surface area (TPSA) is 0 Å². The Bertz CT molecular complexity index is 779. The molecule has 116 valence electrons. The van der Waals surface area contributed by atoms with Crippen LogP contribution in [0.1, 0.15) is 25.3 Å². The standard InChI is InChI=1S/C21H21PS/c1-17(2)18-10-9-15-21(16-18)22(23,19-11-5-3-6-12-19)20-13-7-4-8-14-20/h3-17H,1-2H3. The third-order valence-corrected chi connectivity index (χ3v) is 9.09. The fourth-order valence-electron chi connectivity index (χ4n) is 2.80. The maximum atomic E-state index is 6.36. The Balaban J connectivity index is 2.26. The van der Waals surface area contributed by atoms with Crippen LogP contribution in [-0.4, -0.2) is 0 Å². The number of hydrogen-bond acceptors (Lipinski definition) is 1. The van der Waals surface area contributed by atoms with E-state index in [-0.39, 0.29) is 0 Å². The van der Waals surface area contributed by atoms with Crippen LogP contribution in [0.3, 0.4) is 0 Å². The van der Waals surface area contributed by atoms with Gasteiger partial charge in [0.25, 0.3) is 0 Å². The molecule has 0 N–H and O–H groups in total. The van der Waals surface area contributed by atoms with E-state index in [0.29, 0.717) is 5.92 Å². The Morgan fingerprint density at radius 2 is 1.13 bits per heavy atom. The van der Waals surface area contributed by atoms with E-state index in [9.17, 15) is 0 Å². The van der Waals surface area contributed by atoms with Crippen LogP contribution in [0.25, 0.3) is 0 Å². The Morgan fingerprint density at radius 1 is 0.652 bits per heavy atom. The van der Waals surface area contributed by atoms with Gasteiger partial charge in [0.05, 0.1) is 0 Å². The molecule has 0 bridgehead atoms. The highest BCUT2D eigenvalue weighted by Crippen LogP contribution is 2.43. The molecule has 23 heavy (non-hydrogen) atoms. The van der Waals surface area contributed by atoms with Crippen LogP contribution in [0, 0.1) is 0 Å². The highest BCUT2D eigenvalue weighted by molar-refractivity contribution is 8.25. The molecule has 0 saturated carbocycles. The first-order chi connectivity index (χ1) is 11.1. The second kappa shape index (κ2) is 6.83. The van der Waals surface area contributed by atoms with Crippen LogP contribution in [-0.2, 0) is 11.8 Å². The molecule has 0 fully saturated rings. The van der Waals surface area contributed by atoms with Crippen molar-refractivity contribution in [2.45, 2.75) is 19.8 Å². The quantitative estimate of drug-likeness (QED) is 0.629. The molecule has 3 aromatic carbocycles. The van der Waals surface area contributed by atoms with Gasteiger partial charge in [-0.1, -0.05) is 105 Å². The number of rotatable bonds is 4. The summed E-state index contributed by atoms with van der Waals surface area (Å²) < 4.78 is 0. The molecular formula is C21H21PS. The van der Waals surface area contributed by atoms with Crippen LogP contribution in [0.15, 0.2) is 84.9 Å². The van der Waals surface area contributed by atoms with Crippen molar-refractivity contribution < 1.29 is 0 Å². The van der Waals surface area contributed by atoms with E-state index in [1.54, 1.807) is 0 Å². The lowest BCUT2D eigenvalue weighted by Gasteiger charge is -2.25. The molecule has 0 aliphatic carbocycles. The van der Waals surface area contributed by atoms with Gasteiger partial charge in [0.15, 0.2) is 0 Å². The summed E-state index contributed by atoms with van der Waals surface area (Å²) in [5, 5.41) is 3.78. The van der Waals surface area contributed by atoms with E-state index >= 15 is 0 Å². The van der Waals surface area contributed by atoms with Crippen molar-refractivity contribution in [3.63, 3.8) is 0 Å². The van der Waals surface area contributed by atoms with E-state index in [1.165, 1.54) is 21.5 Å². The van der Waals surface area contributed by atoms with Crippen molar-refractivity contribution in [3.05, 3.63) is 90.5 Å². The Labute approximate surface area is 144 Å². The van der Waals surface area contributed by atoms with Crippen LogP contribution in [0.5, 0.6) is 0 Å². The highest BCUT2D eigenvalue weighted by Gasteiger charge is 2.24. The first kappa shape index (κ1) is 16.2. The third-order valence-electron chi connectivity index (χ3n) is 4.14. The van der Waals surface area contributed by atoms with Gasteiger partial charge in [0, 0.05) is 6.04 Å². The Morgan fingerprint density at radius 3 is 1.61 bits per heavy atom. The van der Waals surface area contributed by atoms with E-state index in [4.69, 9.17) is 11.8 Å². The smallest absolute Gasteiger partial charge is 0.0379 e. The van der Waals surface area contributed by atoms with E-state index in [0.717, 1.165) is 0 Å². The van der Waals surface area contributed by atoms with Crippen molar-refractivity contribution >= 4 is 33.8 Å². The van der Waals surface area contributed by atoms with Gasteiger partial charge in [0.1, 0.15) is 0 Å². The lowest BCUT2D eigenvalue weighted by atomic mass is 10.0. The zero-order valence-corrected chi connectivity index (χ0v) is 15.2. The van der Waals surface area contributed by atoms with E-state index < -0.39 is 6.04 Å². The third kappa shape index (κ3) is 3.17. The first-order valence-electron chi connectivity index (χ1n) is 7.94. The predicted molar refractivity (Wildman–Crippen MR) is 107 cm³/mol. The summed E-state index contributed by atoms with van der Waals surface area (Å²) in [5.74, 6) is 0.505. The minimum atomic E-state index is -2.01. The fourth-order valence-corrected chi connectivity index (χ4v) is 6.58. The Kier molecular flexibility index (Phi) is 4.80. The van der Waals surface area contributed by atoms with Crippen molar-refractivity contribution in [1.29, 1.82) is 0 Å². The molecule has 0 aliphatic heterocycles. The number of hydrogen-bond donors (Lipinski definition) is 0. The first-order valence-corrected chi connectivity index (χ1v) is 10.7. The largest absolute Gasteiger partial charge is 0.0826 e. The molecule has 0 heterocycles. The van der Waals surface area contributed by atoms with Crippen molar-refractivity contribution in [2.75, 3.05) is 0 Å². The lowest BCUT2D eigenvalue weighted by molar-refractivity contribution is 0.868. The molecule has 0 saturated heterocycles. The van der Waals surface area contributed by atoms with Gasteiger partial charge >= 0.3 is 0 Å². The van der Waals surface area contributed by atoms with Gasteiger partial charge in [-0.2, -0.15) is 0 Å². The van der Waals surface area contributed by atoms with Gasteiger partial charge in [-0.3, -0.25) is 0 Å². The van der Waals surface area contributed by atoms with Gasteiger partial charge in [0.2, 0.25) is 0 Å². The van der Waals surface area contributed by atoms with Crippen LogP contribution >= 0.6 is 6.04 Å². The normalized spacial score (nSPS) is 11.6. The molecule has 0 aliphatic rings. The summed E-state index contributed by atoms with van der Waals surface area (Å²) in [5.41, 5.74) is 1.35. The van der Waals surface area contributed by atoms with E-state index in [1.807, 2.05) is 0 Å². The molecule has 0 spiro atoms. The summed E-state index contributed by atoms with van der Waals surface area (Å²) in [6, 6.07) is 28.0. The maximum Gasteiger partial charge on any atom is 0.0379 e. The molecule has 0 unspecified atom stereocenters. The molecule has 0 nitrogen and oxygen atoms in total. The van der Waals surface area contributed by atoms with Crippen LogP contribution in [0.4, 0.5) is 0 Å². The monoisotopic (exact) mass is 336 g/mol. The minimum Gasteiger partial charge on any atom is -0.0826 e. The lowest BCUT2D eigenvalue weighted by Crippen LogP contribution is -2.25. The second-order valence-electron chi connectivity index (χ2n) is 6.03. The van der Waals surface area contributed by atoms with E-state index in [2.05, 4.69) is 98.8 Å². The van der Waals surface area contributed by atoms with Crippen molar-refractivity contribution in [3.8, 4) is 0 Å². The molecule has 3 rings (SSSR count). The van der Waals surface area contributed by atoms with Gasteiger partial charge in [-0.15, -0.1) is 0 Å². The van der Waals surface area contributed by atoms with Crippen molar-refractivity contribution in [1.82, 2.24) is 0 Å². The summed E-state index contributed by atoms with van der Waals surface area (Å²) in [6.45, 7) is 4.46. The molecular weight excluding hydrogens is 315 g/mol. The maximum absolute atomic E-state index is 6.36. The SMILES string of the molecule is CC(C)c1cccc(P(=S)(c2ccccc2)c2ccccc2)c1. The average Bonchev–Trinajstić information content (AvgIpc) is 2.62. The number of benzene rings is 3. The Hall–Kier alpha value is -1.69.